The van der Waals surface area contributed by atoms with Gasteiger partial charge in [0.15, 0.2) is 5.82 Å². The minimum atomic E-state index is 0.0207. The molecule has 2 aromatic rings. The van der Waals surface area contributed by atoms with Gasteiger partial charge in [-0.3, -0.25) is 9.59 Å². The Morgan fingerprint density at radius 3 is 2.44 bits per heavy atom. The number of likely N-dealkylation sites (tertiary alicyclic amines) is 2. The van der Waals surface area contributed by atoms with Crippen LogP contribution in [0.25, 0.3) is 5.78 Å². The van der Waals surface area contributed by atoms with Gasteiger partial charge in [0.2, 0.25) is 11.8 Å². The van der Waals surface area contributed by atoms with Crippen LogP contribution in [0.5, 0.6) is 0 Å². The molecule has 2 amide bonds. The second-order valence-electron chi connectivity index (χ2n) is 7.64. The zero-order chi connectivity index (χ0) is 19.0. The normalized spacial score (nSPS) is 18.4. The molecule has 0 N–H and O–H groups in total. The molecular weight excluding hydrogens is 344 g/mol. The Kier molecular flexibility index (Phi) is 4.80. The molecule has 27 heavy (non-hydrogen) atoms. The van der Waals surface area contributed by atoms with Crippen LogP contribution in [-0.4, -0.2) is 67.4 Å². The number of hydrogen-bond acceptors (Lipinski definition) is 5. The van der Waals surface area contributed by atoms with E-state index in [4.69, 9.17) is 0 Å². The van der Waals surface area contributed by atoms with Gasteiger partial charge in [-0.05, 0) is 45.6 Å². The fourth-order valence-corrected chi connectivity index (χ4v) is 4.10. The Balaban J connectivity index is 1.35. The highest BCUT2D eigenvalue weighted by molar-refractivity contribution is 5.81. The van der Waals surface area contributed by atoms with E-state index in [-0.39, 0.29) is 24.2 Å². The SMILES string of the molecule is Cc1cc(C)n2nc(CC(=O)N3CCC(C(=O)N4CCCC4)CC3)nc2n1. The van der Waals surface area contributed by atoms with Gasteiger partial charge < -0.3 is 9.80 Å². The van der Waals surface area contributed by atoms with Crippen LogP contribution in [-0.2, 0) is 16.0 Å². The van der Waals surface area contributed by atoms with Crippen LogP contribution in [0.1, 0.15) is 42.9 Å². The average molecular weight is 370 g/mol. The Morgan fingerprint density at radius 2 is 1.74 bits per heavy atom. The largest absolute Gasteiger partial charge is 0.342 e. The van der Waals surface area contributed by atoms with Crippen LogP contribution in [0, 0.1) is 19.8 Å². The van der Waals surface area contributed by atoms with E-state index >= 15 is 0 Å². The third-order valence-electron chi connectivity index (χ3n) is 5.59. The summed E-state index contributed by atoms with van der Waals surface area (Å²) in [6, 6.07) is 1.94. The number of carbonyl (C=O) groups excluding carboxylic acids is 2. The van der Waals surface area contributed by atoms with Crippen LogP contribution in [0.15, 0.2) is 6.07 Å². The molecule has 8 heteroatoms. The first-order valence-electron chi connectivity index (χ1n) is 9.78. The number of aromatic nitrogens is 4. The zero-order valence-corrected chi connectivity index (χ0v) is 16.0. The maximum atomic E-state index is 12.6. The van der Waals surface area contributed by atoms with E-state index in [0.29, 0.717) is 24.7 Å². The average Bonchev–Trinajstić information content (AvgIpc) is 3.31. The number of rotatable bonds is 3. The van der Waals surface area contributed by atoms with E-state index < -0.39 is 0 Å². The summed E-state index contributed by atoms with van der Waals surface area (Å²) in [5, 5.41) is 4.42. The molecule has 4 rings (SSSR count). The van der Waals surface area contributed by atoms with Crippen molar-refractivity contribution in [2.24, 2.45) is 5.92 Å². The van der Waals surface area contributed by atoms with Crippen LogP contribution < -0.4 is 0 Å². The molecule has 0 aliphatic carbocycles. The predicted octanol–water partition coefficient (Wildman–Crippen LogP) is 1.14. The second-order valence-corrected chi connectivity index (χ2v) is 7.64. The van der Waals surface area contributed by atoms with E-state index in [9.17, 15) is 9.59 Å². The van der Waals surface area contributed by atoms with Crippen LogP contribution >= 0.6 is 0 Å². The number of aryl methyl sites for hydroxylation is 2. The number of amides is 2. The standard InChI is InChI=1S/C19H26N6O2/c1-13-11-14(2)25-19(20-13)21-16(22-25)12-17(26)23-9-5-15(6-10-23)18(27)24-7-3-4-8-24/h11,15H,3-10,12H2,1-2H3. The highest BCUT2D eigenvalue weighted by atomic mass is 16.2. The minimum absolute atomic E-state index is 0.0207. The third kappa shape index (κ3) is 3.65. The molecule has 0 saturated carbocycles. The second kappa shape index (κ2) is 7.25. The molecule has 8 nitrogen and oxygen atoms in total. The van der Waals surface area contributed by atoms with E-state index in [0.717, 1.165) is 50.2 Å². The van der Waals surface area contributed by atoms with Gasteiger partial charge in [0.05, 0.1) is 6.42 Å². The molecule has 144 valence electrons. The number of fused-ring (bicyclic) bond motifs is 1. The van der Waals surface area contributed by atoms with Gasteiger partial charge in [-0.15, -0.1) is 5.10 Å². The van der Waals surface area contributed by atoms with E-state index in [2.05, 4.69) is 15.1 Å². The molecule has 2 aliphatic heterocycles. The number of nitrogens with zero attached hydrogens (tertiary/aromatic N) is 6. The van der Waals surface area contributed by atoms with Crippen molar-refractivity contribution in [2.75, 3.05) is 26.2 Å². The van der Waals surface area contributed by atoms with Crippen molar-refractivity contribution in [1.29, 1.82) is 0 Å². The molecule has 2 fully saturated rings. The molecular formula is C19H26N6O2. The first kappa shape index (κ1) is 17.9. The molecule has 0 aromatic carbocycles. The van der Waals surface area contributed by atoms with Gasteiger partial charge >= 0.3 is 0 Å². The minimum Gasteiger partial charge on any atom is -0.342 e. The van der Waals surface area contributed by atoms with E-state index in [1.807, 2.05) is 29.7 Å². The molecule has 0 spiro atoms. The Hall–Kier alpha value is -2.51. The summed E-state index contributed by atoms with van der Waals surface area (Å²) in [6.45, 7) is 6.92. The van der Waals surface area contributed by atoms with Gasteiger partial charge in [-0.2, -0.15) is 4.98 Å². The smallest absolute Gasteiger partial charge is 0.252 e. The van der Waals surface area contributed by atoms with Gasteiger partial charge in [-0.25, -0.2) is 9.50 Å². The molecule has 0 atom stereocenters. The fourth-order valence-electron chi connectivity index (χ4n) is 4.10. The topological polar surface area (TPSA) is 83.7 Å². The predicted molar refractivity (Wildman–Crippen MR) is 99.1 cm³/mol. The molecule has 0 radical (unpaired) electrons. The van der Waals surface area contributed by atoms with Gasteiger partial charge in [0.1, 0.15) is 0 Å². The summed E-state index contributed by atoms with van der Waals surface area (Å²) in [6.07, 6.45) is 3.90. The van der Waals surface area contributed by atoms with Crippen molar-refractivity contribution in [3.05, 3.63) is 23.3 Å². The lowest BCUT2D eigenvalue weighted by Gasteiger charge is -2.33. The van der Waals surface area contributed by atoms with Crippen LogP contribution in [0.2, 0.25) is 0 Å². The molecule has 2 aliphatic rings. The van der Waals surface area contributed by atoms with Gasteiger partial charge in [0, 0.05) is 43.5 Å². The van der Waals surface area contributed by atoms with Crippen molar-refractivity contribution in [3.63, 3.8) is 0 Å². The Morgan fingerprint density at radius 1 is 1.04 bits per heavy atom. The monoisotopic (exact) mass is 370 g/mol. The molecule has 0 bridgehead atoms. The number of hydrogen-bond donors (Lipinski definition) is 0. The highest BCUT2D eigenvalue weighted by Gasteiger charge is 2.31. The third-order valence-corrected chi connectivity index (χ3v) is 5.59. The lowest BCUT2D eigenvalue weighted by molar-refractivity contribution is -0.139. The van der Waals surface area contributed by atoms with Crippen molar-refractivity contribution in [2.45, 2.75) is 46.0 Å². The number of piperidine rings is 1. The summed E-state index contributed by atoms with van der Waals surface area (Å²) in [5.74, 6) is 1.39. The summed E-state index contributed by atoms with van der Waals surface area (Å²) < 4.78 is 1.68. The van der Waals surface area contributed by atoms with Crippen LogP contribution in [0.3, 0.4) is 0 Å². The van der Waals surface area contributed by atoms with Crippen molar-refractivity contribution in [3.8, 4) is 0 Å². The molecule has 2 aromatic heterocycles. The summed E-state index contributed by atoms with van der Waals surface area (Å²) in [5.41, 5.74) is 1.83. The zero-order valence-electron chi connectivity index (χ0n) is 16.0. The maximum absolute atomic E-state index is 12.6. The number of carbonyl (C=O) groups is 2. The van der Waals surface area contributed by atoms with Crippen molar-refractivity contribution < 1.29 is 9.59 Å². The van der Waals surface area contributed by atoms with Crippen molar-refractivity contribution >= 4 is 17.6 Å². The summed E-state index contributed by atoms with van der Waals surface area (Å²) in [7, 11) is 0. The van der Waals surface area contributed by atoms with Gasteiger partial charge in [-0.1, -0.05) is 0 Å². The maximum Gasteiger partial charge on any atom is 0.252 e. The van der Waals surface area contributed by atoms with E-state index in [1.54, 1.807) is 4.52 Å². The first-order valence-corrected chi connectivity index (χ1v) is 9.78. The summed E-state index contributed by atoms with van der Waals surface area (Å²) >= 11 is 0. The summed E-state index contributed by atoms with van der Waals surface area (Å²) in [4.78, 5) is 37.8. The highest BCUT2D eigenvalue weighted by Crippen LogP contribution is 2.22. The quantitative estimate of drug-likeness (QED) is 0.809. The first-order chi connectivity index (χ1) is 13.0. The van der Waals surface area contributed by atoms with Crippen LogP contribution in [0.4, 0.5) is 0 Å². The fraction of sp³-hybridized carbons (Fsp3) is 0.632. The Labute approximate surface area is 158 Å². The van der Waals surface area contributed by atoms with Crippen molar-refractivity contribution in [1.82, 2.24) is 29.4 Å². The Bertz CT molecular complexity index is 862. The molecule has 2 saturated heterocycles. The molecule has 4 heterocycles. The lowest BCUT2D eigenvalue weighted by atomic mass is 9.95. The molecule has 0 unspecified atom stereocenters. The lowest BCUT2D eigenvalue weighted by Crippen LogP contribution is -2.44. The van der Waals surface area contributed by atoms with Gasteiger partial charge in [0.25, 0.3) is 5.78 Å². The van der Waals surface area contributed by atoms with E-state index in [1.165, 1.54) is 0 Å².